The van der Waals surface area contributed by atoms with Crippen molar-refractivity contribution in [1.82, 2.24) is 0 Å². The first-order valence-electron chi connectivity index (χ1n) is 6.55. The lowest BCUT2D eigenvalue weighted by Gasteiger charge is -2.11. The van der Waals surface area contributed by atoms with Gasteiger partial charge in [-0.3, -0.25) is 4.79 Å². The fourth-order valence-electron chi connectivity index (χ4n) is 1.84. The van der Waals surface area contributed by atoms with Gasteiger partial charge in [-0.15, -0.1) is 0 Å². The summed E-state index contributed by atoms with van der Waals surface area (Å²) >= 11 is 0. The first-order valence-corrected chi connectivity index (χ1v) is 6.55. The highest BCUT2D eigenvalue weighted by Crippen LogP contribution is 2.23. The minimum Gasteiger partial charge on any atom is -0.490 e. The number of carbonyl (C=O) groups excluding carboxylic acids is 1. The van der Waals surface area contributed by atoms with Gasteiger partial charge in [-0.1, -0.05) is 42.5 Å². The molecule has 0 fully saturated rings. The molecule has 2 aromatic carbocycles. The number of para-hydroxylation sites is 2. The molecule has 0 unspecified atom stereocenters. The van der Waals surface area contributed by atoms with E-state index in [1.165, 1.54) is 0 Å². The fraction of sp³-hybridized carbons (Fsp3) is 0.188. The highest BCUT2D eigenvalue weighted by Gasteiger charge is 2.08. The number of hydrogen-bond acceptors (Lipinski definition) is 3. The summed E-state index contributed by atoms with van der Waals surface area (Å²) in [6, 6.07) is 17.0. The molecular formula is C16H18N2O2. The number of benzene rings is 2. The van der Waals surface area contributed by atoms with Crippen molar-refractivity contribution < 1.29 is 9.53 Å². The predicted octanol–water partition coefficient (Wildman–Crippen LogP) is 2.21. The number of hydrogen-bond donors (Lipinski definition) is 2. The van der Waals surface area contributed by atoms with E-state index in [4.69, 9.17) is 10.5 Å². The van der Waals surface area contributed by atoms with Crippen LogP contribution in [0.25, 0.3) is 0 Å². The molecule has 0 radical (unpaired) electrons. The van der Waals surface area contributed by atoms with Crippen molar-refractivity contribution in [3.05, 3.63) is 60.2 Å². The van der Waals surface area contributed by atoms with Gasteiger partial charge in [0.25, 0.3) is 0 Å². The predicted molar refractivity (Wildman–Crippen MR) is 79.8 cm³/mol. The Labute approximate surface area is 118 Å². The van der Waals surface area contributed by atoms with Gasteiger partial charge in [0, 0.05) is 6.54 Å². The summed E-state index contributed by atoms with van der Waals surface area (Å²) in [4.78, 5) is 12.0. The SMILES string of the molecule is NCCOc1ccccc1NC(=O)Cc1ccccc1. The molecule has 2 aromatic rings. The summed E-state index contributed by atoms with van der Waals surface area (Å²) in [5.74, 6) is 0.569. The van der Waals surface area contributed by atoms with Crippen molar-refractivity contribution in [2.75, 3.05) is 18.5 Å². The van der Waals surface area contributed by atoms with E-state index in [1.54, 1.807) is 0 Å². The Morgan fingerprint density at radius 2 is 1.75 bits per heavy atom. The van der Waals surface area contributed by atoms with Crippen LogP contribution in [-0.4, -0.2) is 19.1 Å². The summed E-state index contributed by atoms with van der Waals surface area (Å²) < 4.78 is 5.50. The van der Waals surface area contributed by atoms with E-state index >= 15 is 0 Å². The molecule has 1 amide bonds. The number of amides is 1. The minimum absolute atomic E-state index is 0.0694. The maximum absolute atomic E-state index is 12.0. The Kier molecular flexibility index (Phi) is 5.15. The lowest BCUT2D eigenvalue weighted by Crippen LogP contribution is -2.16. The average Bonchev–Trinajstić information content (AvgIpc) is 2.47. The van der Waals surface area contributed by atoms with Crippen LogP contribution in [0.1, 0.15) is 5.56 Å². The van der Waals surface area contributed by atoms with Crippen molar-refractivity contribution in [3.63, 3.8) is 0 Å². The molecule has 4 heteroatoms. The molecule has 0 saturated carbocycles. The van der Waals surface area contributed by atoms with Crippen molar-refractivity contribution in [2.45, 2.75) is 6.42 Å². The smallest absolute Gasteiger partial charge is 0.228 e. The summed E-state index contributed by atoms with van der Waals surface area (Å²) in [6.07, 6.45) is 0.339. The Bertz CT molecular complexity index is 555. The Morgan fingerprint density at radius 3 is 2.50 bits per heavy atom. The molecule has 4 nitrogen and oxygen atoms in total. The van der Waals surface area contributed by atoms with E-state index < -0.39 is 0 Å². The number of nitrogens with two attached hydrogens (primary N) is 1. The molecule has 0 aliphatic carbocycles. The van der Waals surface area contributed by atoms with Crippen LogP contribution in [0.2, 0.25) is 0 Å². The second-order valence-corrected chi connectivity index (χ2v) is 4.34. The van der Waals surface area contributed by atoms with Gasteiger partial charge in [-0.25, -0.2) is 0 Å². The quantitative estimate of drug-likeness (QED) is 0.845. The largest absolute Gasteiger partial charge is 0.490 e. The first kappa shape index (κ1) is 14.1. The summed E-state index contributed by atoms with van der Waals surface area (Å²) in [7, 11) is 0. The van der Waals surface area contributed by atoms with Gasteiger partial charge in [0.05, 0.1) is 12.1 Å². The molecule has 3 N–H and O–H groups in total. The van der Waals surface area contributed by atoms with Gasteiger partial charge < -0.3 is 15.8 Å². The molecule has 0 aliphatic rings. The van der Waals surface area contributed by atoms with Crippen LogP contribution in [0.3, 0.4) is 0 Å². The highest BCUT2D eigenvalue weighted by atomic mass is 16.5. The Balaban J connectivity index is 2.00. The third kappa shape index (κ3) is 4.10. The molecule has 0 saturated heterocycles. The minimum atomic E-state index is -0.0694. The number of rotatable bonds is 6. The standard InChI is InChI=1S/C16H18N2O2/c17-10-11-20-15-9-5-4-8-14(15)18-16(19)12-13-6-2-1-3-7-13/h1-9H,10-12,17H2,(H,18,19). The van der Waals surface area contributed by atoms with Crippen molar-refractivity contribution >= 4 is 11.6 Å². The monoisotopic (exact) mass is 270 g/mol. The van der Waals surface area contributed by atoms with Crippen molar-refractivity contribution in [2.24, 2.45) is 5.73 Å². The first-order chi connectivity index (χ1) is 9.79. The fourth-order valence-corrected chi connectivity index (χ4v) is 1.84. The summed E-state index contributed by atoms with van der Waals surface area (Å²) in [6.45, 7) is 0.859. The van der Waals surface area contributed by atoms with E-state index in [2.05, 4.69) is 5.32 Å². The van der Waals surface area contributed by atoms with Crippen LogP contribution in [-0.2, 0) is 11.2 Å². The summed E-state index contributed by atoms with van der Waals surface area (Å²) in [5.41, 5.74) is 7.06. The molecule has 20 heavy (non-hydrogen) atoms. The Hall–Kier alpha value is -2.33. The molecule has 0 aliphatic heterocycles. The number of ether oxygens (including phenoxy) is 1. The zero-order chi connectivity index (χ0) is 14.2. The van der Waals surface area contributed by atoms with Gasteiger partial charge in [-0.05, 0) is 17.7 Å². The summed E-state index contributed by atoms with van der Waals surface area (Å²) in [5, 5.41) is 2.86. The average molecular weight is 270 g/mol. The van der Waals surface area contributed by atoms with Crippen LogP contribution >= 0.6 is 0 Å². The second kappa shape index (κ2) is 7.31. The van der Waals surface area contributed by atoms with E-state index in [0.717, 1.165) is 5.56 Å². The van der Waals surface area contributed by atoms with Gasteiger partial charge >= 0.3 is 0 Å². The molecule has 104 valence electrons. The molecule has 0 bridgehead atoms. The highest BCUT2D eigenvalue weighted by molar-refractivity contribution is 5.93. The number of anilines is 1. The second-order valence-electron chi connectivity index (χ2n) is 4.34. The third-order valence-corrected chi connectivity index (χ3v) is 2.74. The van der Waals surface area contributed by atoms with Crippen LogP contribution < -0.4 is 15.8 Å². The van der Waals surface area contributed by atoms with E-state index in [-0.39, 0.29) is 5.91 Å². The normalized spacial score (nSPS) is 10.1. The van der Waals surface area contributed by atoms with E-state index in [1.807, 2.05) is 54.6 Å². The number of carbonyl (C=O) groups is 1. The molecule has 2 rings (SSSR count). The van der Waals surface area contributed by atoms with Gasteiger partial charge in [-0.2, -0.15) is 0 Å². The lowest BCUT2D eigenvalue weighted by molar-refractivity contribution is -0.115. The van der Waals surface area contributed by atoms with Gasteiger partial charge in [0.2, 0.25) is 5.91 Å². The molecule has 0 heterocycles. The van der Waals surface area contributed by atoms with Crippen molar-refractivity contribution in [1.29, 1.82) is 0 Å². The maximum Gasteiger partial charge on any atom is 0.228 e. The molecule has 0 atom stereocenters. The zero-order valence-electron chi connectivity index (χ0n) is 11.2. The maximum atomic E-state index is 12.0. The zero-order valence-corrected chi connectivity index (χ0v) is 11.2. The molecule has 0 aromatic heterocycles. The van der Waals surface area contributed by atoms with Gasteiger partial charge in [0.1, 0.15) is 12.4 Å². The van der Waals surface area contributed by atoms with E-state index in [9.17, 15) is 4.79 Å². The van der Waals surface area contributed by atoms with Crippen LogP contribution in [0.4, 0.5) is 5.69 Å². The lowest BCUT2D eigenvalue weighted by atomic mass is 10.1. The number of nitrogens with one attached hydrogen (secondary N) is 1. The third-order valence-electron chi connectivity index (χ3n) is 2.74. The van der Waals surface area contributed by atoms with Crippen LogP contribution in [0, 0.1) is 0 Å². The molecule has 0 spiro atoms. The van der Waals surface area contributed by atoms with E-state index in [0.29, 0.717) is 31.0 Å². The van der Waals surface area contributed by atoms with Gasteiger partial charge in [0.15, 0.2) is 0 Å². The Morgan fingerprint density at radius 1 is 1.05 bits per heavy atom. The topological polar surface area (TPSA) is 64.3 Å². The van der Waals surface area contributed by atoms with Crippen LogP contribution in [0.5, 0.6) is 5.75 Å². The molecular weight excluding hydrogens is 252 g/mol. The van der Waals surface area contributed by atoms with Crippen LogP contribution in [0.15, 0.2) is 54.6 Å². The van der Waals surface area contributed by atoms with Crippen molar-refractivity contribution in [3.8, 4) is 5.75 Å².